The largest absolute Gasteiger partial charge is 0.273 e. The van der Waals surface area contributed by atoms with Crippen LogP contribution in [0, 0.1) is 0 Å². The van der Waals surface area contributed by atoms with Crippen LogP contribution in [0.25, 0.3) is 11.3 Å². The zero-order valence-corrected chi connectivity index (χ0v) is 8.42. The number of carbonyl (C=O) groups excluding carboxylic acids is 1. The van der Waals surface area contributed by atoms with E-state index in [9.17, 15) is 4.79 Å². The average Bonchev–Trinajstić information content (AvgIpc) is 2.78. The second-order valence-electron chi connectivity index (χ2n) is 3.11. The van der Waals surface area contributed by atoms with Crippen molar-refractivity contribution in [3.63, 3.8) is 0 Å². The number of nitrogens with zero attached hydrogens (tertiary/aromatic N) is 3. The molecule has 2 heterocycles. The molecule has 0 fully saturated rings. The summed E-state index contributed by atoms with van der Waals surface area (Å²) < 4.78 is 1.43. The predicted octanol–water partition coefficient (Wildman–Crippen LogP) is 2.00. The SMILES string of the molecule is CCC(=O)n1nccc1-c1ccncc1. The molecule has 2 aromatic heterocycles. The summed E-state index contributed by atoms with van der Waals surface area (Å²) in [4.78, 5) is 15.5. The van der Waals surface area contributed by atoms with Crippen LogP contribution in [0.2, 0.25) is 0 Å². The molecule has 0 saturated carbocycles. The minimum atomic E-state index is -0.00758. The van der Waals surface area contributed by atoms with Gasteiger partial charge in [0.25, 0.3) is 0 Å². The van der Waals surface area contributed by atoms with Crippen molar-refractivity contribution in [3.8, 4) is 11.3 Å². The summed E-state index contributed by atoms with van der Waals surface area (Å²) in [6.45, 7) is 1.82. The van der Waals surface area contributed by atoms with E-state index in [0.717, 1.165) is 11.3 Å². The van der Waals surface area contributed by atoms with Gasteiger partial charge in [-0.15, -0.1) is 0 Å². The summed E-state index contributed by atoms with van der Waals surface area (Å²) in [5.41, 5.74) is 1.76. The van der Waals surface area contributed by atoms with Gasteiger partial charge in [0.05, 0.1) is 11.9 Å². The minimum Gasteiger partial charge on any atom is -0.273 e. The highest BCUT2D eigenvalue weighted by Crippen LogP contribution is 2.17. The van der Waals surface area contributed by atoms with E-state index >= 15 is 0 Å². The Bertz CT molecular complexity index is 462. The van der Waals surface area contributed by atoms with E-state index in [-0.39, 0.29) is 5.91 Å². The third kappa shape index (κ3) is 1.79. The second-order valence-corrected chi connectivity index (χ2v) is 3.11. The molecule has 76 valence electrons. The van der Waals surface area contributed by atoms with Crippen LogP contribution < -0.4 is 0 Å². The Balaban J connectivity index is 2.46. The summed E-state index contributed by atoms with van der Waals surface area (Å²) in [7, 11) is 0. The van der Waals surface area contributed by atoms with Crippen molar-refractivity contribution in [3.05, 3.63) is 36.8 Å². The molecule has 0 aliphatic carbocycles. The average molecular weight is 201 g/mol. The molecule has 0 radical (unpaired) electrons. The van der Waals surface area contributed by atoms with Crippen LogP contribution in [0.5, 0.6) is 0 Å². The standard InChI is InChI=1S/C11H11N3O/c1-2-11(15)14-10(5-8-13-14)9-3-6-12-7-4-9/h3-8H,2H2,1H3. The van der Waals surface area contributed by atoms with Crippen LogP contribution in [-0.2, 0) is 0 Å². The van der Waals surface area contributed by atoms with Gasteiger partial charge in [0.15, 0.2) is 0 Å². The first kappa shape index (κ1) is 9.58. The maximum Gasteiger partial charge on any atom is 0.247 e. The Kier molecular flexibility index (Phi) is 2.58. The minimum absolute atomic E-state index is 0.00758. The van der Waals surface area contributed by atoms with E-state index in [0.29, 0.717) is 6.42 Å². The van der Waals surface area contributed by atoms with Gasteiger partial charge >= 0.3 is 0 Å². The van der Waals surface area contributed by atoms with Gasteiger partial charge < -0.3 is 0 Å². The molecule has 0 aromatic carbocycles. The van der Waals surface area contributed by atoms with E-state index in [2.05, 4.69) is 10.1 Å². The fourth-order valence-electron chi connectivity index (χ4n) is 1.39. The molecule has 0 aliphatic heterocycles. The van der Waals surface area contributed by atoms with Crippen LogP contribution in [0.1, 0.15) is 18.1 Å². The fraction of sp³-hybridized carbons (Fsp3) is 0.182. The number of hydrogen-bond donors (Lipinski definition) is 0. The molecular weight excluding hydrogens is 190 g/mol. The molecule has 0 N–H and O–H groups in total. The van der Waals surface area contributed by atoms with Crippen LogP contribution in [0.3, 0.4) is 0 Å². The number of carbonyl (C=O) groups is 1. The van der Waals surface area contributed by atoms with Crippen molar-refractivity contribution < 1.29 is 4.79 Å². The summed E-state index contributed by atoms with van der Waals surface area (Å²) in [5.74, 6) is -0.00758. The van der Waals surface area contributed by atoms with Gasteiger partial charge in [-0.25, -0.2) is 4.68 Å². The maximum absolute atomic E-state index is 11.6. The van der Waals surface area contributed by atoms with E-state index in [1.807, 2.05) is 25.1 Å². The van der Waals surface area contributed by atoms with Crippen LogP contribution in [0.15, 0.2) is 36.8 Å². The van der Waals surface area contributed by atoms with Gasteiger partial charge in [0, 0.05) is 24.4 Å². The lowest BCUT2D eigenvalue weighted by atomic mass is 10.2. The molecule has 0 saturated heterocycles. The molecule has 2 aromatic rings. The van der Waals surface area contributed by atoms with Gasteiger partial charge in [-0.2, -0.15) is 5.10 Å². The highest BCUT2D eigenvalue weighted by Gasteiger charge is 2.09. The van der Waals surface area contributed by atoms with E-state index in [1.165, 1.54) is 4.68 Å². The first-order valence-electron chi connectivity index (χ1n) is 4.80. The molecule has 0 bridgehead atoms. The number of aromatic nitrogens is 3. The van der Waals surface area contributed by atoms with Gasteiger partial charge in [-0.3, -0.25) is 9.78 Å². The molecule has 0 spiro atoms. The van der Waals surface area contributed by atoms with Crippen molar-refractivity contribution in [2.45, 2.75) is 13.3 Å². The summed E-state index contributed by atoms with van der Waals surface area (Å²) >= 11 is 0. The highest BCUT2D eigenvalue weighted by atomic mass is 16.2. The Morgan fingerprint density at radius 3 is 2.67 bits per heavy atom. The number of hydrogen-bond acceptors (Lipinski definition) is 3. The molecule has 4 nitrogen and oxygen atoms in total. The normalized spacial score (nSPS) is 10.2. The Morgan fingerprint density at radius 2 is 2.00 bits per heavy atom. The monoisotopic (exact) mass is 201 g/mol. The van der Waals surface area contributed by atoms with Crippen molar-refractivity contribution in [1.29, 1.82) is 0 Å². The predicted molar refractivity (Wildman–Crippen MR) is 56.4 cm³/mol. The maximum atomic E-state index is 11.6. The summed E-state index contributed by atoms with van der Waals surface area (Å²) in [6, 6.07) is 5.54. The third-order valence-electron chi connectivity index (χ3n) is 2.16. The van der Waals surface area contributed by atoms with Crippen LogP contribution >= 0.6 is 0 Å². The second kappa shape index (κ2) is 4.04. The molecule has 0 amide bonds. The van der Waals surface area contributed by atoms with Crippen molar-refractivity contribution >= 4 is 5.91 Å². The molecule has 0 aliphatic rings. The highest BCUT2D eigenvalue weighted by molar-refractivity contribution is 5.82. The molecule has 0 atom stereocenters. The quantitative estimate of drug-likeness (QED) is 0.746. The van der Waals surface area contributed by atoms with E-state index < -0.39 is 0 Å². The summed E-state index contributed by atoms with van der Waals surface area (Å²) in [5, 5.41) is 4.01. The molecule has 2 rings (SSSR count). The number of rotatable bonds is 2. The molecule has 15 heavy (non-hydrogen) atoms. The lowest BCUT2D eigenvalue weighted by Crippen LogP contribution is -2.11. The molecule has 4 heteroatoms. The van der Waals surface area contributed by atoms with Gasteiger partial charge in [-0.05, 0) is 18.2 Å². The fourth-order valence-corrected chi connectivity index (χ4v) is 1.39. The van der Waals surface area contributed by atoms with E-state index in [4.69, 9.17) is 0 Å². The molecular formula is C11H11N3O. The third-order valence-corrected chi connectivity index (χ3v) is 2.16. The zero-order valence-electron chi connectivity index (χ0n) is 8.42. The summed E-state index contributed by atoms with van der Waals surface area (Å²) in [6.07, 6.45) is 5.47. The Morgan fingerprint density at radius 1 is 1.27 bits per heavy atom. The van der Waals surface area contributed by atoms with Crippen LogP contribution in [0.4, 0.5) is 0 Å². The van der Waals surface area contributed by atoms with Crippen molar-refractivity contribution in [2.24, 2.45) is 0 Å². The zero-order chi connectivity index (χ0) is 10.7. The lowest BCUT2D eigenvalue weighted by Gasteiger charge is -2.03. The smallest absolute Gasteiger partial charge is 0.247 e. The Labute approximate surface area is 87.6 Å². The van der Waals surface area contributed by atoms with Crippen molar-refractivity contribution in [2.75, 3.05) is 0 Å². The number of pyridine rings is 1. The van der Waals surface area contributed by atoms with Crippen molar-refractivity contribution in [1.82, 2.24) is 14.8 Å². The van der Waals surface area contributed by atoms with Crippen LogP contribution in [-0.4, -0.2) is 20.7 Å². The lowest BCUT2D eigenvalue weighted by molar-refractivity contribution is 0.0895. The van der Waals surface area contributed by atoms with Gasteiger partial charge in [-0.1, -0.05) is 6.92 Å². The van der Waals surface area contributed by atoms with E-state index in [1.54, 1.807) is 18.6 Å². The first-order valence-corrected chi connectivity index (χ1v) is 4.80. The van der Waals surface area contributed by atoms with Gasteiger partial charge in [0.1, 0.15) is 0 Å². The first-order chi connectivity index (χ1) is 7.33. The Hall–Kier alpha value is -1.97. The topological polar surface area (TPSA) is 47.8 Å². The molecule has 0 unspecified atom stereocenters. The van der Waals surface area contributed by atoms with Gasteiger partial charge in [0.2, 0.25) is 5.91 Å².